The topological polar surface area (TPSA) is 117 Å². The molecule has 0 radical (unpaired) electrons. The number of alkyl carbamates (subject to hydrolysis) is 1. The highest BCUT2D eigenvalue weighted by Crippen LogP contribution is 2.29. The lowest BCUT2D eigenvalue weighted by molar-refractivity contribution is 0.0523. The van der Waals surface area contributed by atoms with Gasteiger partial charge in [-0.1, -0.05) is 41.9 Å². The monoisotopic (exact) mass is 479 g/mol. The van der Waals surface area contributed by atoms with Crippen molar-refractivity contribution < 1.29 is 9.53 Å². The van der Waals surface area contributed by atoms with Crippen LogP contribution in [0.2, 0.25) is 5.02 Å². The highest BCUT2D eigenvalue weighted by Gasteiger charge is 2.16. The molecule has 0 aliphatic heterocycles. The number of ether oxygens (including phenoxy) is 1. The maximum absolute atomic E-state index is 11.8. The molecule has 9 nitrogen and oxygen atoms in total. The highest BCUT2D eigenvalue weighted by molar-refractivity contribution is 6.30. The summed E-state index contributed by atoms with van der Waals surface area (Å²) in [7, 11) is 0. The molecule has 0 fully saturated rings. The van der Waals surface area contributed by atoms with E-state index in [0.717, 1.165) is 22.2 Å². The van der Waals surface area contributed by atoms with Crippen molar-refractivity contribution in [1.82, 2.24) is 25.5 Å². The zero-order valence-electron chi connectivity index (χ0n) is 19.1. The van der Waals surface area contributed by atoms with E-state index in [1.54, 1.807) is 0 Å². The van der Waals surface area contributed by atoms with Crippen LogP contribution in [0.1, 0.15) is 31.9 Å². The summed E-state index contributed by atoms with van der Waals surface area (Å²) in [6, 6.07) is 15.3. The van der Waals surface area contributed by atoms with E-state index in [2.05, 4.69) is 36.1 Å². The number of aromatic nitrogens is 4. The first-order valence-electron chi connectivity index (χ1n) is 10.8. The van der Waals surface area contributed by atoms with Crippen molar-refractivity contribution in [1.29, 1.82) is 0 Å². The van der Waals surface area contributed by atoms with E-state index in [1.165, 1.54) is 6.33 Å². The molecule has 0 saturated carbocycles. The van der Waals surface area contributed by atoms with Crippen molar-refractivity contribution in [2.75, 3.05) is 10.6 Å². The van der Waals surface area contributed by atoms with Gasteiger partial charge < -0.3 is 20.7 Å². The van der Waals surface area contributed by atoms with Crippen LogP contribution in [0.4, 0.5) is 22.1 Å². The summed E-state index contributed by atoms with van der Waals surface area (Å²) in [5, 5.41) is 18.0. The Balaban J connectivity index is 1.40. The molecule has 4 aromatic rings. The predicted molar refractivity (Wildman–Crippen MR) is 133 cm³/mol. The van der Waals surface area contributed by atoms with Gasteiger partial charge in [0.05, 0.1) is 0 Å². The van der Waals surface area contributed by atoms with Crippen molar-refractivity contribution in [2.24, 2.45) is 0 Å². The number of anilines is 3. The zero-order valence-corrected chi connectivity index (χ0v) is 19.9. The van der Waals surface area contributed by atoms with Crippen molar-refractivity contribution >= 4 is 46.1 Å². The molecule has 2 aromatic carbocycles. The van der Waals surface area contributed by atoms with Gasteiger partial charge in [-0.05, 0) is 50.1 Å². The largest absolute Gasteiger partial charge is 0.444 e. The number of fused-ring (bicyclic) bond motifs is 1. The number of rotatable bonds is 7. The number of benzene rings is 2. The minimum Gasteiger partial charge on any atom is -0.444 e. The fourth-order valence-electron chi connectivity index (χ4n) is 3.23. The van der Waals surface area contributed by atoms with Gasteiger partial charge in [0.15, 0.2) is 11.5 Å². The van der Waals surface area contributed by atoms with Crippen LogP contribution in [0, 0.1) is 0 Å². The molecule has 0 aliphatic rings. The van der Waals surface area contributed by atoms with Crippen LogP contribution in [0.25, 0.3) is 11.0 Å². The van der Waals surface area contributed by atoms with Gasteiger partial charge in [-0.25, -0.2) is 14.8 Å². The van der Waals surface area contributed by atoms with Gasteiger partial charge in [0.2, 0.25) is 0 Å². The van der Waals surface area contributed by atoms with Crippen molar-refractivity contribution in [2.45, 2.75) is 39.5 Å². The number of nitrogens with zero attached hydrogens (tertiary/aromatic N) is 3. The van der Waals surface area contributed by atoms with Gasteiger partial charge in [0.1, 0.15) is 23.1 Å². The maximum atomic E-state index is 11.8. The quantitative estimate of drug-likeness (QED) is 0.281. The molecule has 0 atom stereocenters. The minimum absolute atomic E-state index is 0.391. The Morgan fingerprint density at radius 3 is 2.47 bits per heavy atom. The summed E-state index contributed by atoms with van der Waals surface area (Å²) in [6.07, 6.45) is 1.04. The normalized spacial score (nSPS) is 11.3. The third-order valence-corrected chi connectivity index (χ3v) is 5.00. The van der Waals surface area contributed by atoms with E-state index in [9.17, 15) is 4.79 Å². The summed E-state index contributed by atoms with van der Waals surface area (Å²) in [4.78, 5) is 20.5. The van der Waals surface area contributed by atoms with Crippen molar-refractivity contribution in [3.63, 3.8) is 0 Å². The Hall–Kier alpha value is -3.85. The number of hydrogen-bond donors (Lipinski definition) is 4. The van der Waals surface area contributed by atoms with Crippen LogP contribution in [-0.2, 0) is 17.8 Å². The first-order valence-corrected chi connectivity index (χ1v) is 11.1. The van der Waals surface area contributed by atoms with Gasteiger partial charge in [0.25, 0.3) is 0 Å². The number of carbonyl (C=O) groups is 1. The lowest BCUT2D eigenvalue weighted by Gasteiger charge is -2.19. The summed E-state index contributed by atoms with van der Waals surface area (Å²) in [6.45, 7) is 6.44. The fourth-order valence-corrected chi connectivity index (χ4v) is 3.42. The van der Waals surface area contributed by atoms with Gasteiger partial charge in [0, 0.05) is 23.8 Å². The van der Waals surface area contributed by atoms with E-state index >= 15 is 0 Å². The van der Waals surface area contributed by atoms with Crippen LogP contribution in [0.15, 0.2) is 54.9 Å². The van der Waals surface area contributed by atoms with Gasteiger partial charge in [-0.15, -0.1) is 0 Å². The molecule has 0 aliphatic carbocycles. The van der Waals surface area contributed by atoms with Crippen molar-refractivity contribution in [3.05, 3.63) is 71.0 Å². The Morgan fingerprint density at radius 2 is 1.76 bits per heavy atom. The van der Waals surface area contributed by atoms with Gasteiger partial charge in [-0.2, -0.15) is 5.10 Å². The molecule has 0 saturated heterocycles. The average Bonchev–Trinajstić information content (AvgIpc) is 3.20. The predicted octanol–water partition coefficient (Wildman–Crippen LogP) is 5.39. The van der Waals surface area contributed by atoms with Crippen LogP contribution in [0.5, 0.6) is 0 Å². The Bertz CT molecular complexity index is 1280. The Kier molecular flexibility index (Phi) is 6.83. The van der Waals surface area contributed by atoms with Crippen LogP contribution < -0.4 is 16.0 Å². The highest BCUT2D eigenvalue weighted by atomic mass is 35.5. The molecule has 34 heavy (non-hydrogen) atoms. The van der Waals surface area contributed by atoms with Crippen LogP contribution >= 0.6 is 11.6 Å². The number of hydrogen-bond acceptors (Lipinski definition) is 7. The third kappa shape index (κ3) is 6.14. The average molecular weight is 480 g/mol. The second kappa shape index (κ2) is 9.96. The maximum Gasteiger partial charge on any atom is 0.407 e. The molecule has 2 aromatic heterocycles. The van der Waals surface area contributed by atoms with Gasteiger partial charge >= 0.3 is 6.09 Å². The third-order valence-electron chi connectivity index (χ3n) is 4.76. The first-order chi connectivity index (χ1) is 16.3. The molecule has 0 bridgehead atoms. The number of H-pyrrole nitrogens is 1. The second-order valence-electron chi connectivity index (χ2n) is 8.68. The Labute approximate surface area is 202 Å². The first kappa shape index (κ1) is 23.3. The fraction of sp³-hybridized carbons (Fsp3) is 0.250. The molecule has 176 valence electrons. The molecule has 4 N–H and O–H groups in total. The zero-order chi connectivity index (χ0) is 24.1. The number of aromatic amines is 1. The van der Waals surface area contributed by atoms with Crippen LogP contribution in [0.3, 0.4) is 0 Å². The molecule has 2 heterocycles. The molecule has 10 heteroatoms. The number of nitrogens with one attached hydrogen (secondary N) is 4. The SMILES string of the molecule is CC(C)(C)OC(=O)NCc1ccc(CNc2n[nH]c3ncnc(Nc4cccc(Cl)c4)c23)cc1. The molecule has 0 unspecified atom stereocenters. The lowest BCUT2D eigenvalue weighted by atomic mass is 10.1. The van der Waals surface area contributed by atoms with E-state index in [1.807, 2.05) is 69.3 Å². The molecule has 1 amide bonds. The lowest BCUT2D eigenvalue weighted by Crippen LogP contribution is -2.32. The number of amides is 1. The standard InChI is InChI=1S/C24H26ClN7O2/c1-24(2,3)34-23(33)27-13-16-9-7-15(8-10-16)12-26-21-19-20(28-14-29-22(19)32-31-21)30-18-6-4-5-17(25)11-18/h4-11,14H,12-13H2,1-3H3,(H,27,33)(H3,26,28,29,30,31,32). The summed E-state index contributed by atoms with van der Waals surface area (Å²) in [5.41, 5.74) is 2.94. The van der Waals surface area contributed by atoms with E-state index in [0.29, 0.717) is 35.4 Å². The smallest absolute Gasteiger partial charge is 0.407 e. The molecular formula is C24H26ClN7O2. The second-order valence-corrected chi connectivity index (χ2v) is 9.12. The molecule has 4 rings (SSSR count). The number of halogens is 1. The minimum atomic E-state index is -0.523. The summed E-state index contributed by atoms with van der Waals surface area (Å²) < 4.78 is 5.26. The van der Waals surface area contributed by atoms with Crippen molar-refractivity contribution in [3.8, 4) is 0 Å². The van der Waals surface area contributed by atoms with E-state index < -0.39 is 11.7 Å². The van der Waals surface area contributed by atoms with Crippen LogP contribution in [-0.4, -0.2) is 31.9 Å². The van der Waals surface area contributed by atoms with Gasteiger partial charge in [-0.3, -0.25) is 5.10 Å². The Morgan fingerprint density at radius 1 is 1.03 bits per heavy atom. The summed E-state index contributed by atoms with van der Waals surface area (Å²) in [5.74, 6) is 1.25. The molecule has 0 spiro atoms. The summed E-state index contributed by atoms with van der Waals surface area (Å²) >= 11 is 6.10. The van der Waals surface area contributed by atoms with E-state index in [4.69, 9.17) is 16.3 Å². The number of carbonyl (C=O) groups excluding carboxylic acids is 1. The van der Waals surface area contributed by atoms with E-state index in [-0.39, 0.29) is 0 Å². The molecular weight excluding hydrogens is 454 g/mol.